The number of ether oxygens (including phenoxy) is 1. The zero-order valence-electron chi connectivity index (χ0n) is 17.8. The number of pyridine rings is 2. The minimum absolute atomic E-state index is 0.297. The molecule has 4 heterocycles. The molecule has 0 unspecified atom stereocenters. The first kappa shape index (κ1) is 20.1. The lowest BCUT2D eigenvalue weighted by Crippen LogP contribution is -2.36. The molecule has 4 aromatic rings. The van der Waals surface area contributed by atoms with E-state index in [2.05, 4.69) is 43.4 Å². The number of nitrogens with zero attached hydrogens (tertiary/aromatic N) is 4. The van der Waals surface area contributed by atoms with Crippen LogP contribution >= 0.6 is 0 Å². The summed E-state index contributed by atoms with van der Waals surface area (Å²) in [7, 11) is 0. The largest absolute Gasteiger partial charge is 0.378 e. The number of hydrogen-bond donors (Lipinski definition) is 2. The third-order valence-electron chi connectivity index (χ3n) is 5.69. The van der Waals surface area contributed by atoms with Crippen molar-refractivity contribution in [3.05, 3.63) is 66.2 Å². The Kier molecular flexibility index (Phi) is 5.51. The number of fused-ring (bicyclic) bond motifs is 1. The number of H-pyrrole nitrogens is 1. The molecular weight excluding hydrogens is 404 g/mol. The van der Waals surface area contributed by atoms with E-state index in [1.54, 1.807) is 6.20 Å². The van der Waals surface area contributed by atoms with Gasteiger partial charge in [0.2, 0.25) is 0 Å². The lowest BCUT2D eigenvalue weighted by Gasteiger charge is -2.28. The summed E-state index contributed by atoms with van der Waals surface area (Å²) >= 11 is 0. The highest BCUT2D eigenvalue weighted by molar-refractivity contribution is 6.11. The molecule has 5 rings (SSSR count). The van der Waals surface area contributed by atoms with E-state index < -0.39 is 0 Å². The van der Waals surface area contributed by atoms with Gasteiger partial charge in [0, 0.05) is 36.4 Å². The number of aromatic amines is 1. The van der Waals surface area contributed by atoms with Crippen LogP contribution in [0.3, 0.4) is 0 Å². The van der Waals surface area contributed by atoms with Crippen LogP contribution in [0.25, 0.3) is 22.0 Å². The SMILES string of the molecule is CCc1ccnc(NC(=O)c2n[nH]c3ccc(-c4cncc(N5CCOCC5)c4)cc23)c1. The van der Waals surface area contributed by atoms with Gasteiger partial charge in [0.1, 0.15) is 5.82 Å². The van der Waals surface area contributed by atoms with Crippen LogP contribution in [0.4, 0.5) is 11.5 Å². The van der Waals surface area contributed by atoms with E-state index in [-0.39, 0.29) is 5.91 Å². The number of carbonyl (C=O) groups excluding carboxylic acids is 1. The van der Waals surface area contributed by atoms with Crippen LogP contribution in [0, 0.1) is 0 Å². The summed E-state index contributed by atoms with van der Waals surface area (Å²) in [4.78, 5) is 23.9. The Hall–Kier alpha value is -3.78. The predicted octanol–water partition coefficient (Wildman–Crippen LogP) is 3.67. The van der Waals surface area contributed by atoms with E-state index in [1.165, 1.54) is 0 Å². The minimum atomic E-state index is -0.297. The highest BCUT2D eigenvalue weighted by Gasteiger charge is 2.17. The molecule has 0 atom stereocenters. The molecule has 1 fully saturated rings. The first-order valence-electron chi connectivity index (χ1n) is 10.7. The van der Waals surface area contributed by atoms with Crippen LogP contribution in [-0.2, 0) is 11.2 Å². The number of aromatic nitrogens is 4. The molecule has 0 saturated carbocycles. The number of amides is 1. The van der Waals surface area contributed by atoms with Gasteiger partial charge in [-0.2, -0.15) is 5.10 Å². The Morgan fingerprint density at radius 1 is 1.12 bits per heavy atom. The summed E-state index contributed by atoms with van der Waals surface area (Å²) in [5, 5.41) is 10.8. The molecule has 162 valence electrons. The number of rotatable bonds is 5. The van der Waals surface area contributed by atoms with Crippen molar-refractivity contribution in [1.82, 2.24) is 20.2 Å². The van der Waals surface area contributed by atoms with Crippen LogP contribution in [0.1, 0.15) is 23.0 Å². The molecule has 8 heteroatoms. The van der Waals surface area contributed by atoms with Crippen LogP contribution in [0.15, 0.2) is 55.0 Å². The molecule has 1 amide bonds. The van der Waals surface area contributed by atoms with Crippen molar-refractivity contribution >= 4 is 28.3 Å². The summed E-state index contributed by atoms with van der Waals surface area (Å²) < 4.78 is 5.45. The molecule has 1 saturated heterocycles. The third-order valence-corrected chi connectivity index (χ3v) is 5.69. The Balaban J connectivity index is 1.44. The summed E-state index contributed by atoms with van der Waals surface area (Å²) in [6.07, 6.45) is 6.29. The molecule has 0 bridgehead atoms. The van der Waals surface area contributed by atoms with Crippen molar-refractivity contribution in [2.75, 3.05) is 36.5 Å². The number of aryl methyl sites for hydroxylation is 1. The first-order valence-corrected chi connectivity index (χ1v) is 10.7. The molecule has 1 aliphatic heterocycles. The number of nitrogens with one attached hydrogen (secondary N) is 2. The topological polar surface area (TPSA) is 96.0 Å². The van der Waals surface area contributed by atoms with Gasteiger partial charge in [0.05, 0.1) is 30.6 Å². The van der Waals surface area contributed by atoms with E-state index in [1.807, 2.05) is 42.7 Å². The Morgan fingerprint density at radius 2 is 2.00 bits per heavy atom. The third kappa shape index (κ3) is 4.04. The van der Waals surface area contributed by atoms with E-state index in [0.717, 1.165) is 66.0 Å². The molecule has 32 heavy (non-hydrogen) atoms. The van der Waals surface area contributed by atoms with Gasteiger partial charge in [-0.3, -0.25) is 14.9 Å². The second kappa shape index (κ2) is 8.76. The quantitative estimate of drug-likeness (QED) is 0.504. The molecular formula is C24H24N6O2. The Bertz CT molecular complexity index is 1260. The van der Waals surface area contributed by atoms with Gasteiger partial charge in [0.15, 0.2) is 5.69 Å². The number of hydrogen-bond acceptors (Lipinski definition) is 6. The van der Waals surface area contributed by atoms with Gasteiger partial charge < -0.3 is 15.0 Å². The fraction of sp³-hybridized carbons (Fsp3) is 0.250. The summed E-state index contributed by atoms with van der Waals surface area (Å²) in [6.45, 7) is 5.21. The van der Waals surface area contributed by atoms with E-state index >= 15 is 0 Å². The second-order valence-corrected chi connectivity index (χ2v) is 7.72. The predicted molar refractivity (Wildman–Crippen MR) is 124 cm³/mol. The average molecular weight is 428 g/mol. The van der Waals surface area contributed by atoms with Crippen molar-refractivity contribution in [1.29, 1.82) is 0 Å². The van der Waals surface area contributed by atoms with Gasteiger partial charge in [-0.15, -0.1) is 0 Å². The Morgan fingerprint density at radius 3 is 2.84 bits per heavy atom. The lowest BCUT2D eigenvalue weighted by molar-refractivity contribution is 0.102. The highest BCUT2D eigenvalue weighted by Crippen LogP contribution is 2.28. The maximum atomic E-state index is 12.9. The fourth-order valence-corrected chi connectivity index (χ4v) is 3.88. The summed E-state index contributed by atoms with van der Waals surface area (Å²) in [5.74, 6) is 0.221. The molecule has 0 aliphatic carbocycles. The smallest absolute Gasteiger partial charge is 0.277 e. The Labute approximate surface area is 185 Å². The van der Waals surface area contributed by atoms with Gasteiger partial charge in [-0.25, -0.2) is 4.98 Å². The molecule has 1 aromatic carbocycles. The summed E-state index contributed by atoms with van der Waals surface area (Å²) in [5.41, 5.74) is 5.27. The maximum absolute atomic E-state index is 12.9. The molecule has 2 N–H and O–H groups in total. The summed E-state index contributed by atoms with van der Waals surface area (Å²) in [6, 6.07) is 11.9. The molecule has 0 radical (unpaired) electrons. The van der Waals surface area contributed by atoms with Crippen molar-refractivity contribution in [2.45, 2.75) is 13.3 Å². The first-order chi connectivity index (χ1) is 15.7. The van der Waals surface area contributed by atoms with Crippen LogP contribution in [0.5, 0.6) is 0 Å². The maximum Gasteiger partial charge on any atom is 0.277 e. The zero-order valence-corrected chi connectivity index (χ0v) is 17.8. The number of carbonyl (C=O) groups is 1. The number of benzene rings is 1. The van der Waals surface area contributed by atoms with E-state index in [4.69, 9.17) is 4.74 Å². The van der Waals surface area contributed by atoms with Crippen molar-refractivity contribution in [3.8, 4) is 11.1 Å². The number of morpholine rings is 1. The lowest BCUT2D eigenvalue weighted by atomic mass is 10.0. The van der Waals surface area contributed by atoms with Crippen molar-refractivity contribution in [2.24, 2.45) is 0 Å². The van der Waals surface area contributed by atoms with Gasteiger partial charge in [-0.1, -0.05) is 13.0 Å². The molecule has 0 spiro atoms. The average Bonchev–Trinajstić information content (AvgIpc) is 3.28. The minimum Gasteiger partial charge on any atom is -0.378 e. The fourth-order valence-electron chi connectivity index (χ4n) is 3.88. The number of anilines is 2. The standard InChI is InChI=1S/C24H24N6O2/c1-2-16-5-6-26-22(11-16)27-24(31)23-20-13-17(3-4-21(20)28-29-23)18-12-19(15-25-14-18)30-7-9-32-10-8-30/h3-6,11-15H,2,7-10H2,1H3,(H,28,29)(H,26,27,31). The van der Waals surface area contributed by atoms with Gasteiger partial charge in [-0.05, 0) is 47.9 Å². The second-order valence-electron chi connectivity index (χ2n) is 7.72. The normalized spacial score (nSPS) is 14.0. The molecule has 3 aromatic heterocycles. The van der Waals surface area contributed by atoms with Crippen LogP contribution in [-0.4, -0.2) is 52.4 Å². The van der Waals surface area contributed by atoms with Gasteiger partial charge >= 0.3 is 0 Å². The van der Waals surface area contributed by atoms with Crippen molar-refractivity contribution < 1.29 is 9.53 Å². The van der Waals surface area contributed by atoms with E-state index in [0.29, 0.717) is 11.5 Å². The van der Waals surface area contributed by atoms with Crippen LogP contribution in [0.2, 0.25) is 0 Å². The molecule has 8 nitrogen and oxygen atoms in total. The molecule has 1 aliphatic rings. The highest BCUT2D eigenvalue weighted by atomic mass is 16.5. The van der Waals surface area contributed by atoms with Crippen LogP contribution < -0.4 is 10.2 Å². The van der Waals surface area contributed by atoms with Crippen molar-refractivity contribution in [3.63, 3.8) is 0 Å². The van der Waals surface area contributed by atoms with E-state index in [9.17, 15) is 4.79 Å². The van der Waals surface area contributed by atoms with Gasteiger partial charge in [0.25, 0.3) is 5.91 Å². The zero-order chi connectivity index (χ0) is 21.9. The monoisotopic (exact) mass is 428 g/mol.